The summed E-state index contributed by atoms with van der Waals surface area (Å²) in [6.45, 7) is 8.67. The Morgan fingerprint density at radius 3 is 2.40 bits per heavy atom. The molecule has 2 saturated carbocycles. The first-order chi connectivity index (χ1) is 11.6. The third-order valence-electron chi connectivity index (χ3n) is 6.87. The van der Waals surface area contributed by atoms with Crippen LogP contribution in [0.25, 0.3) is 0 Å². The van der Waals surface area contributed by atoms with Crippen LogP contribution in [-0.2, 0) is 5.54 Å². The van der Waals surface area contributed by atoms with Crippen molar-refractivity contribution in [2.24, 2.45) is 16.9 Å². The molecule has 3 fully saturated rings. The Balaban J connectivity index is 1.53. The highest BCUT2D eigenvalue weighted by molar-refractivity contribution is 6.77. The Bertz CT molecular complexity index is 681. The van der Waals surface area contributed by atoms with Gasteiger partial charge >= 0.3 is 0 Å². The number of hydrogen-bond acceptors (Lipinski definition) is 4. The molecule has 6 heteroatoms. The molecule has 0 aromatic carbocycles. The first-order valence-corrected chi connectivity index (χ1v) is 13.0. The standard InChI is InChI=1S/C19H31FN4Si/c1-13-15(19(22)11-18(12-19)9-14(21)10-18)8-16(20)17(23-13)24-4-6-25(2,3)7-5-24/h8,14H,4-7,9-12,21-22H2,1-3H3. The van der Waals surface area contributed by atoms with Gasteiger partial charge in [0.1, 0.15) is 0 Å². The average molecular weight is 363 g/mol. The molecule has 3 aliphatic rings. The van der Waals surface area contributed by atoms with Crippen molar-refractivity contribution in [2.75, 3.05) is 18.0 Å². The van der Waals surface area contributed by atoms with Crippen LogP contribution in [0.1, 0.15) is 36.9 Å². The first kappa shape index (κ1) is 17.4. The van der Waals surface area contributed by atoms with E-state index >= 15 is 0 Å². The summed E-state index contributed by atoms with van der Waals surface area (Å²) >= 11 is 0. The number of hydrogen-bond donors (Lipinski definition) is 2. The van der Waals surface area contributed by atoms with Crippen molar-refractivity contribution in [2.45, 2.75) is 69.4 Å². The Kier molecular flexibility index (Phi) is 3.84. The minimum absolute atomic E-state index is 0.210. The summed E-state index contributed by atoms with van der Waals surface area (Å²) in [5.74, 6) is 0.312. The molecule has 0 bridgehead atoms. The second-order valence-corrected chi connectivity index (χ2v) is 15.1. The highest BCUT2D eigenvalue weighted by Crippen LogP contribution is 2.62. The predicted octanol–water partition coefficient (Wildman–Crippen LogP) is 3.11. The summed E-state index contributed by atoms with van der Waals surface area (Å²) in [6, 6.07) is 4.41. The molecule has 25 heavy (non-hydrogen) atoms. The van der Waals surface area contributed by atoms with Crippen molar-refractivity contribution in [1.29, 1.82) is 0 Å². The normalized spacial score (nSPS) is 36.9. The van der Waals surface area contributed by atoms with Crippen LogP contribution in [-0.4, -0.2) is 32.2 Å². The van der Waals surface area contributed by atoms with E-state index in [0.717, 1.165) is 50.0 Å². The van der Waals surface area contributed by atoms with E-state index in [1.165, 1.54) is 12.1 Å². The SMILES string of the molecule is Cc1nc(N2CC[Si](C)(C)CC2)c(F)cc1C1(N)CC2(CC(N)C2)C1. The molecule has 0 amide bonds. The third kappa shape index (κ3) is 2.92. The number of nitrogens with zero attached hydrogens (tertiary/aromatic N) is 2. The van der Waals surface area contributed by atoms with Gasteiger partial charge in [-0.25, -0.2) is 9.37 Å². The van der Waals surface area contributed by atoms with Crippen LogP contribution < -0.4 is 16.4 Å². The van der Waals surface area contributed by atoms with Crippen LogP contribution in [0, 0.1) is 18.2 Å². The minimum atomic E-state index is -1.08. The zero-order valence-electron chi connectivity index (χ0n) is 15.7. The van der Waals surface area contributed by atoms with E-state index < -0.39 is 13.6 Å². The Hall–Kier alpha value is -0.983. The Labute approximate surface area is 151 Å². The monoisotopic (exact) mass is 362 g/mol. The topological polar surface area (TPSA) is 68.2 Å². The van der Waals surface area contributed by atoms with Crippen molar-refractivity contribution in [3.8, 4) is 0 Å². The van der Waals surface area contributed by atoms with Gasteiger partial charge in [0.05, 0.1) is 8.07 Å². The number of aryl methyl sites for hydroxylation is 1. The van der Waals surface area contributed by atoms with Gasteiger partial charge in [-0.3, -0.25) is 0 Å². The molecule has 4 nitrogen and oxygen atoms in total. The zero-order chi connectivity index (χ0) is 18.0. The molecule has 1 aliphatic heterocycles. The number of aromatic nitrogens is 1. The van der Waals surface area contributed by atoms with Crippen molar-refractivity contribution in [3.05, 3.63) is 23.1 Å². The lowest BCUT2D eigenvalue weighted by Crippen LogP contribution is -2.63. The number of nitrogens with two attached hydrogens (primary N) is 2. The molecule has 4 N–H and O–H groups in total. The predicted molar refractivity (Wildman–Crippen MR) is 103 cm³/mol. The largest absolute Gasteiger partial charge is 0.355 e. The summed E-state index contributed by atoms with van der Waals surface area (Å²) in [6.07, 6.45) is 3.95. The Morgan fingerprint density at radius 2 is 1.84 bits per heavy atom. The minimum Gasteiger partial charge on any atom is -0.355 e. The van der Waals surface area contributed by atoms with Gasteiger partial charge in [-0.2, -0.15) is 0 Å². The first-order valence-electron chi connectivity index (χ1n) is 9.59. The fraction of sp³-hybridized carbons (Fsp3) is 0.737. The summed E-state index contributed by atoms with van der Waals surface area (Å²) < 4.78 is 14.9. The molecule has 4 rings (SSSR count). The molecule has 0 radical (unpaired) electrons. The summed E-state index contributed by atoms with van der Waals surface area (Å²) in [4.78, 5) is 6.79. The van der Waals surface area contributed by atoms with Crippen LogP contribution in [0.2, 0.25) is 25.2 Å². The van der Waals surface area contributed by atoms with Crippen molar-refractivity contribution >= 4 is 13.9 Å². The van der Waals surface area contributed by atoms with Gasteiger partial charge in [-0.15, -0.1) is 0 Å². The molecular formula is C19H31FN4Si. The molecular weight excluding hydrogens is 331 g/mol. The summed E-state index contributed by atoms with van der Waals surface area (Å²) in [5.41, 5.74) is 14.3. The molecule has 138 valence electrons. The van der Waals surface area contributed by atoms with Gasteiger partial charge in [0, 0.05) is 30.4 Å². The molecule has 0 unspecified atom stereocenters. The van der Waals surface area contributed by atoms with Crippen LogP contribution in [0.5, 0.6) is 0 Å². The van der Waals surface area contributed by atoms with Crippen molar-refractivity contribution < 1.29 is 4.39 Å². The van der Waals surface area contributed by atoms with E-state index in [2.05, 4.69) is 23.0 Å². The number of halogens is 1. The summed E-state index contributed by atoms with van der Waals surface area (Å²) in [5, 5.41) is 0. The van der Waals surface area contributed by atoms with Crippen molar-refractivity contribution in [3.63, 3.8) is 0 Å². The number of pyridine rings is 1. The van der Waals surface area contributed by atoms with Crippen LogP contribution in [0.3, 0.4) is 0 Å². The molecule has 2 heterocycles. The van der Waals surface area contributed by atoms with E-state index in [-0.39, 0.29) is 5.82 Å². The van der Waals surface area contributed by atoms with Gasteiger partial charge < -0.3 is 16.4 Å². The maximum absolute atomic E-state index is 14.9. The fourth-order valence-electron chi connectivity index (χ4n) is 5.44. The fourth-order valence-corrected chi connectivity index (χ4v) is 7.44. The highest BCUT2D eigenvalue weighted by Gasteiger charge is 2.58. The van der Waals surface area contributed by atoms with E-state index in [4.69, 9.17) is 11.5 Å². The smallest absolute Gasteiger partial charge is 0.166 e. The highest BCUT2D eigenvalue weighted by atomic mass is 28.3. The van der Waals surface area contributed by atoms with Gasteiger partial charge in [-0.1, -0.05) is 13.1 Å². The molecule has 1 spiro atoms. The lowest BCUT2D eigenvalue weighted by Gasteiger charge is -2.62. The van der Waals surface area contributed by atoms with Crippen LogP contribution in [0.4, 0.5) is 10.2 Å². The van der Waals surface area contributed by atoms with E-state index in [1.54, 1.807) is 6.07 Å². The van der Waals surface area contributed by atoms with Crippen molar-refractivity contribution in [1.82, 2.24) is 4.98 Å². The van der Waals surface area contributed by atoms with Gasteiger partial charge in [0.25, 0.3) is 0 Å². The van der Waals surface area contributed by atoms with Gasteiger partial charge in [0.2, 0.25) is 0 Å². The lowest BCUT2D eigenvalue weighted by molar-refractivity contribution is -0.0594. The second-order valence-electron chi connectivity index (χ2n) is 9.76. The van der Waals surface area contributed by atoms with Crippen LogP contribution >= 0.6 is 0 Å². The Morgan fingerprint density at radius 1 is 1.24 bits per heavy atom. The lowest BCUT2D eigenvalue weighted by atomic mass is 9.46. The maximum atomic E-state index is 14.9. The third-order valence-corrected chi connectivity index (χ3v) is 10.0. The average Bonchev–Trinajstić information content (AvgIpc) is 2.46. The second kappa shape index (κ2) is 5.51. The molecule has 2 aliphatic carbocycles. The molecule has 1 saturated heterocycles. The van der Waals surface area contributed by atoms with E-state index in [9.17, 15) is 4.39 Å². The molecule has 0 atom stereocenters. The number of anilines is 1. The van der Waals surface area contributed by atoms with E-state index in [1.807, 2.05) is 6.92 Å². The van der Waals surface area contributed by atoms with Crippen LogP contribution in [0.15, 0.2) is 6.07 Å². The maximum Gasteiger partial charge on any atom is 0.166 e. The molecule has 1 aromatic heterocycles. The number of rotatable bonds is 2. The zero-order valence-corrected chi connectivity index (χ0v) is 16.7. The molecule has 1 aromatic rings. The quantitative estimate of drug-likeness (QED) is 0.793. The van der Waals surface area contributed by atoms with Gasteiger partial charge in [0.15, 0.2) is 11.6 Å². The summed E-state index contributed by atoms with van der Waals surface area (Å²) in [7, 11) is -1.08. The van der Waals surface area contributed by atoms with Gasteiger partial charge in [-0.05, 0) is 61.7 Å². The van der Waals surface area contributed by atoms with E-state index in [0.29, 0.717) is 17.3 Å².